The van der Waals surface area contributed by atoms with Crippen LogP contribution in [-0.4, -0.2) is 21.5 Å². The molecule has 0 aliphatic heterocycles. The first kappa shape index (κ1) is 13.8. The second-order valence-corrected chi connectivity index (χ2v) is 5.56. The number of hydrogen-bond donors (Lipinski definition) is 2. The van der Waals surface area contributed by atoms with Gasteiger partial charge in [-0.1, -0.05) is 12.1 Å². The highest BCUT2D eigenvalue weighted by atomic mass is 16.1. The van der Waals surface area contributed by atoms with Gasteiger partial charge in [0, 0.05) is 36.6 Å². The minimum atomic E-state index is -0.384. The molecule has 1 saturated carbocycles. The maximum absolute atomic E-state index is 11.1. The molecule has 1 aliphatic carbocycles. The van der Waals surface area contributed by atoms with Gasteiger partial charge in [-0.25, -0.2) is 4.98 Å². The van der Waals surface area contributed by atoms with Gasteiger partial charge in [0.2, 0.25) is 5.91 Å². The lowest BCUT2D eigenvalue weighted by molar-refractivity contribution is 0.100. The smallest absolute Gasteiger partial charge is 0.248 e. The highest BCUT2D eigenvalue weighted by Gasteiger charge is 2.27. The van der Waals surface area contributed by atoms with Gasteiger partial charge in [-0.05, 0) is 37.0 Å². The van der Waals surface area contributed by atoms with Crippen molar-refractivity contribution >= 4 is 5.91 Å². The first-order chi connectivity index (χ1) is 10.2. The average Bonchev–Trinajstić information content (AvgIpc) is 3.16. The number of nitrogens with one attached hydrogen (secondary N) is 1. The number of carbonyl (C=O) groups excluding carboxylic acids is 1. The van der Waals surface area contributed by atoms with Gasteiger partial charge in [0.15, 0.2) is 0 Å². The molecule has 3 rings (SSSR count). The van der Waals surface area contributed by atoms with E-state index in [4.69, 9.17) is 5.73 Å². The predicted molar refractivity (Wildman–Crippen MR) is 80.7 cm³/mol. The van der Waals surface area contributed by atoms with Gasteiger partial charge in [0.05, 0.1) is 6.33 Å². The summed E-state index contributed by atoms with van der Waals surface area (Å²) in [5.74, 6) is -0.384. The number of rotatable bonds is 5. The van der Waals surface area contributed by atoms with Crippen LogP contribution in [0.15, 0.2) is 43.0 Å². The molecule has 3 N–H and O–H groups in total. The van der Waals surface area contributed by atoms with Gasteiger partial charge in [0.25, 0.3) is 0 Å². The molecular formula is C16H20N4O. The van der Waals surface area contributed by atoms with E-state index >= 15 is 0 Å². The van der Waals surface area contributed by atoms with Crippen molar-refractivity contribution in [2.45, 2.75) is 37.9 Å². The van der Waals surface area contributed by atoms with E-state index in [-0.39, 0.29) is 5.91 Å². The Morgan fingerprint density at radius 2 is 2.14 bits per heavy atom. The van der Waals surface area contributed by atoms with E-state index in [1.807, 2.05) is 30.9 Å². The normalized spacial score (nSPS) is 21.5. The van der Waals surface area contributed by atoms with Gasteiger partial charge in [0.1, 0.15) is 0 Å². The molecule has 1 heterocycles. The molecule has 2 unspecified atom stereocenters. The molecule has 0 spiro atoms. The summed E-state index contributed by atoms with van der Waals surface area (Å²) < 4.78 is 2.20. The fourth-order valence-electron chi connectivity index (χ4n) is 3.04. The van der Waals surface area contributed by atoms with E-state index in [0.29, 0.717) is 17.6 Å². The number of hydrogen-bond acceptors (Lipinski definition) is 3. The Morgan fingerprint density at radius 3 is 2.81 bits per heavy atom. The number of amides is 1. The summed E-state index contributed by atoms with van der Waals surface area (Å²) in [6.45, 7) is 0.801. The summed E-state index contributed by atoms with van der Waals surface area (Å²) in [5.41, 5.74) is 6.96. The fraction of sp³-hybridized carbons (Fsp3) is 0.375. The zero-order valence-electron chi connectivity index (χ0n) is 11.9. The Labute approximate surface area is 124 Å². The zero-order valence-corrected chi connectivity index (χ0v) is 11.9. The maximum atomic E-state index is 11.1. The molecule has 0 saturated heterocycles. The minimum Gasteiger partial charge on any atom is -0.366 e. The number of primary amides is 1. The lowest BCUT2D eigenvalue weighted by Crippen LogP contribution is -2.33. The van der Waals surface area contributed by atoms with Crippen molar-refractivity contribution in [3.05, 3.63) is 54.1 Å². The summed E-state index contributed by atoms with van der Waals surface area (Å²) in [5, 5.41) is 3.62. The molecule has 1 amide bonds. The van der Waals surface area contributed by atoms with Gasteiger partial charge in [-0.2, -0.15) is 0 Å². The van der Waals surface area contributed by atoms with Crippen LogP contribution < -0.4 is 11.1 Å². The van der Waals surface area contributed by atoms with Crippen LogP contribution >= 0.6 is 0 Å². The molecule has 5 nitrogen and oxygen atoms in total. The number of carbonyl (C=O) groups is 1. The second-order valence-electron chi connectivity index (χ2n) is 5.56. The molecule has 0 radical (unpaired) electrons. The molecule has 1 aromatic heterocycles. The summed E-state index contributed by atoms with van der Waals surface area (Å²) in [4.78, 5) is 15.2. The van der Waals surface area contributed by atoms with E-state index in [9.17, 15) is 4.79 Å². The third-order valence-electron chi connectivity index (χ3n) is 4.19. The van der Waals surface area contributed by atoms with Crippen molar-refractivity contribution < 1.29 is 4.79 Å². The minimum absolute atomic E-state index is 0.384. The van der Waals surface area contributed by atoms with Crippen LogP contribution in [0.5, 0.6) is 0 Å². The van der Waals surface area contributed by atoms with Crippen LogP contribution in [0, 0.1) is 0 Å². The lowest BCUT2D eigenvalue weighted by Gasteiger charge is -2.22. The van der Waals surface area contributed by atoms with Crippen LogP contribution in [-0.2, 0) is 6.54 Å². The third kappa shape index (κ3) is 3.13. The van der Waals surface area contributed by atoms with E-state index in [2.05, 4.69) is 14.9 Å². The van der Waals surface area contributed by atoms with Crippen LogP contribution in [0.1, 0.15) is 41.2 Å². The number of nitrogens with two attached hydrogens (primary N) is 1. The number of aromatic nitrogens is 2. The van der Waals surface area contributed by atoms with Crippen molar-refractivity contribution in [1.29, 1.82) is 0 Å². The largest absolute Gasteiger partial charge is 0.366 e. The number of benzene rings is 1. The summed E-state index contributed by atoms with van der Waals surface area (Å²) >= 11 is 0. The second kappa shape index (κ2) is 6.10. The average molecular weight is 284 g/mol. The maximum Gasteiger partial charge on any atom is 0.248 e. The monoisotopic (exact) mass is 284 g/mol. The van der Waals surface area contributed by atoms with Crippen molar-refractivity contribution in [2.75, 3.05) is 0 Å². The molecular weight excluding hydrogens is 264 g/mol. The SMILES string of the molecule is NC(=O)c1ccc(CNC2CCCC2n2ccnc2)cc1. The molecule has 2 atom stereocenters. The Bertz CT molecular complexity index is 591. The third-order valence-corrected chi connectivity index (χ3v) is 4.19. The van der Waals surface area contributed by atoms with Crippen LogP contribution in [0.4, 0.5) is 0 Å². The van der Waals surface area contributed by atoms with Crippen molar-refractivity contribution in [3.8, 4) is 0 Å². The lowest BCUT2D eigenvalue weighted by atomic mass is 10.1. The standard InChI is InChI=1S/C16H20N4O/c17-16(21)13-6-4-12(5-7-13)10-19-14-2-1-3-15(14)20-9-8-18-11-20/h4-9,11,14-15,19H,1-3,10H2,(H2,17,21). The molecule has 2 aromatic rings. The van der Waals surface area contributed by atoms with Gasteiger partial charge >= 0.3 is 0 Å². The number of nitrogens with zero attached hydrogens (tertiary/aromatic N) is 2. The highest BCUT2D eigenvalue weighted by molar-refractivity contribution is 5.92. The van der Waals surface area contributed by atoms with Crippen LogP contribution in [0.3, 0.4) is 0 Å². The molecule has 1 aliphatic rings. The molecule has 1 fully saturated rings. The van der Waals surface area contributed by atoms with E-state index in [0.717, 1.165) is 12.1 Å². The highest BCUT2D eigenvalue weighted by Crippen LogP contribution is 2.30. The van der Waals surface area contributed by atoms with Crippen LogP contribution in [0.2, 0.25) is 0 Å². The van der Waals surface area contributed by atoms with Crippen LogP contribution in [0.25, 0.3) is 0 Å². The van der Waals surface area contributed by atoms with Crippen molar-refractivity contribution in [2.24, 2.45) is 5.73 Å². The van der Waals surface area contributed by atoms with Gasteiger partial charge in [-0.3, -0.25) is 4.79 Å². The first-order valence-corrected chi connectivity index (χ1v) is 7.33. The topological polar surface area (TPSA) is 72.9 Å². The molecule has 0 bridgehead atoms. The first-order valence-electron chi connectivity index (χ1n) is 7.33. The fourth-order valence-corrected chi connectivity index (χ4v) is 3.04. The Balaban J connectivity index is 1.60. The molecule has 21 heavy (non-hydrogen) atoms. The molecule has 5 heteroatoms. The Morgan fingerprint density at radius 1 is 1.33 bits per heavy atom. The zero-order chi connectivity index (χ0) is 14.7. The summed E-state index contributed by atoms with van der Waals surface area (Å²) in [6, 6.07) is 8.41. The van der Waals surface area contributed by atoms with E-state index < -0.39 is 0 Å². The number of imidazole rings is 1. The van der Waals surface area contributed by atoms with Crippen molar-refractivity contribution in [1.82, 2.24) is 14.9 Å². The molecule has 110 valence electrons. The van der Waals surface area contributed by atoms with Gasteiger partial charge in [-0.15, -0.1) is 0 Å². The Kier molecular flexibility index (Phi) is 4.01. The van der Waals surface area contributed by atoms with E-state index in [1.165, 1.54) is 19.3 Å². The quantitative estimate of drug-likeness (QED) is 0.880. The molecule has 1 aromatic carbocycles. The van der Waals surface area contributed by atoms with Gasteiger partial charge < -0.3 is 15.6 Å². The van der Waals surface area contributed by atoms with Crippen molar-refractivity contribution in [3.63, 3.8) is 0 Å². The summed E-state index contributed by atoms with van der Waals surface area (Å²) in [7, 11) is 0. The Hall–Kier alpha value is -2.14. The summed E-state index contributed by atoms with van der Waals surface area (Å²) in [6.07, 6.45) is 9.37. The van der Waals surface area contributed by atoms with E-state index in [1.54, 1.807) is 12.1 Å². The predicted octanol–water partition coefficient (Wildman–Crippen LogP) is 1.87.